The van der Waals surface area contributed by atoms with Gasteiger partial charge in [-0.3, -0.25) is 0 Å². The largest absolute Gasteiger partial charge is 0.489 e. The topological polar surface area (TPSA) is 89.8 Å². The lowest BCUT2D eigenvalue weighted by Crippen LogP contribution is -2.57. The molecule has 1 saturated heterocycles. The highest BCUT2D eigenvalue weighted by Crippen LogP contribution is 2.28. The van der Waals surface area contributed by atoms with Gasteiger partial charge in [-0.25, -0.2) is 22.4 Å². The van der Waals surface area contributed by atoms with Crippen molar-refractivity contribution in [2.75, 3.05) is 52.4 Å². The van der Waals surface area contributed by atoms with Gasteiger partial charge in [0.05, 0.1) is 12.1 Å². The van der Waals surface area contributed by atoms with Crippen molar-refractivity contribution in [2.45, 2.75) is 5.25 Å². The van der Waals surface area contributed by atoms with Gasteiger partial charge in [0.15, 0.2) is 0 Å². The van der Waals surface area contributed by atoms with Crippen molar-refractivity contribution >= 4 is 26.7 Å². The van der Waals surface area contributed by atoms with Crippen molar-refractivity contribution in [1.82, 2.24) is 19.1 Å². The van der Waals surface area contributed by atoms with Gasteiger partial charge in [-0.1, -0.05) is 12.1 Å². The van der Waals surface area contributed by atoms with Gasteiger partial charge in [0.1, 0.15) is 29.1 Å². The smallest absolute Gasteiger partial charge is 0.219 e. The Morgan fingerprint density at radius 1 is 1.20 bits per heavy atom. The van der Waals surface area contributed by atoms with Gasteiger partial charge < -0.3 is 14.4 Å². The first kappa shape index (κ1) is 20.6. The lowest BCUT2D eigenvalue weighted by Gasteiger charge is -2.40. The highest BCUT2D eigenvalue weighted by Gasteiger charge is 2.39. The van der Waals surface area contributed by atoms with Crippen LogP contribution in [0, 0.1) is 0 Å². The Hall–Kier alpha value is -2.69. The number of hydrogen-bond donors (Lipinski definition) is 0. The van der Waals surface area contributed by atoms with Gasteiger partial charge in [0.25, 0.3) is 0 Å². The summed E-state index contributed by atoms with van der Waals surface area (Å²) in [5.41, 5.74) is 1.61. The fraction of sp³-hybridized carbons (Fsp3) is 0.400. The van der Waals surface area contributed by atoms with Crippen LogP contribution in [0.25, 0.3) is 16.6 Å². The van der Waals surface area contributed by atoms with E-state index >= 15 is 0 Å². The lowest BCUT2D eigenvalue weighted by atomic mass is 10.2. The number of para-hydroxylation sites is 2. The van der Waals surface area contributed by atoms with E-state index in [4.69, 9.17) is 9.47 Å². The molecule has 160 valence electrons. The Bertz CT molecular complexity index is 1140. The first-order valence-electron chi connectivity index (χ1n) is 9.63. The van der Waals surface area contributed by atoms with E-state index in [2.05, 4.69) is 10.1 Å². The van der Waals surface area contributed by atoms with Crippen LogP contribution in [-0.2, 0) is 14.8 Å². The number of anilines is 1. The molecule has 3 heterocycles. The molecule has 0 radical (unpaired) electrons. The number of ether oxygens (including phenoxy) is 2. The van der Waals surface area contributed by atoms with Crippen LogP contribution in [0.5, 0.6) is 5.75 Å². The molecular weight excluding hydrogens is 406 g/mol. The van der Waals surface area contributed by atoms with Crippen LogP contribution in [0.1, 0.15) is 0 Å². The fourth-order valence-corrected chi connectivity index (χ4v) is 4.65. The average Bonchev–Trinajstić information content (AvgIpc) is 3.10. The number of aromatic nitrogens is 3. The van der Waals surface area contributed by atoms with Crippen molar-refractivity contribution in [2.24, 2.45) is 0 Å². The SMILES string of the molecule is COCCOc1ccccc1-n1cc2cnc(N3CC(S(=O)(=O)N(C)C)C3)cc2n1. The maximum absolute atomic E-state index is 12.2. The number of rotatable bonds is 8. The van der Waals surface area contributed by atoms with Crippen molar-refractivity contribution in [3.05, 3.63) is 42.7 Å². The van der Waals surface area contributed by atoms with Gasteiger partial charge in [0.2, 0.25) is 10.0 Å². The molecule has 2 aromatic heterocycles. The third-order valence-electron chi connectivity index (χ3n) is 5.13. The van der Waals surface area contributed by atoms with Crippen LogP contribution in [0.4, 0.5) is 5.82 Å². The molecule has 1 aromatic carbocycles. The maximum atomic E-state index is 12.2. The zero-order chi connectivity index (χ0) is 21.3. The summed E-state index contributed by atoms with van der Waals surface area (Å²) < 4.78 is 38.4. The Morgan fingerprint density at radius 3 is 2.70 bits per heavy atom. The number of nitrogens with zero attached hydrogens (tertiary/aromatic N) is 5. The highest BCUT2D eigenvalue weighted by atomic mass is 32.2. The summed E-state index contributed by atoms with van der Waals surface area (Å²) in [6.07, 6.45) is 3.66. The zero-order valence-corrected chi connectivity index (χ0v) is 18.0. The first-order valence-corrected chi connectivity index (χ1v) is 11.1. The van der Waals surface area contributed by atoms with Gasteiger partial charge >= 0.3 is 0 Å². The highest BCUT2D eigenvalue weighted by molar-refractivity contribution is 7.89. The van der Waals surface area contributed by atoms with Crippen molar-refractivity contribution in [3.8, 4) is 11.4 Å². The molecule has 0 aliphatic carbocycles. The molecule has 1 aliphatic heterocycles. The number of fused-ring (bicyclic) bond motifs is 1. The summed E-state index contributed by atoms with van der Waals surface area (Å²) in [7, 11) is 1.51. The fourth-order valence-electron chi connectivity index (χ4n) is 3.32. The van der Waals surface area contributed by atoms with E-state index in [1.807, 2.05) is 41.4 Å². The van der Waals surface area contributed by atoms with E-state index in [-0.39, 0.29) is 0 Å². The second-order valence-electron chi connectivity index (χ2n) is 7.34. The van der Waals surface area contributed by atoms with Crippen LogP contribution >= 0.6 is 0 Å². The molecule has 0 bridgehead atoms. The number of methoxy groups -OCH3 is 1. The minimum Gasteiger partial charge on any atom is -0.489 e. The molecule has 10 heteroatoms. The van der Waals surface area contributed by atoms with Gasteiger partial charge in [-0.15, -0.1) is 0 Å². The summed E-state index contributed by atoms with van der Waals surface area (Å²) in [6.45, 7) is 1.81. The van der Waals surface area contributed by atoms with Crippen molar-refractivity contribution in [3.63, 3.8) is 0 Å². The van der Waals surface area contributed by atoms with Gasteiger partial charge in [-0.2, -0.15) is 5.10 Å². The molecule has 9 nitrogen and oxygen atoms in total. The molecule has 0 atom stereocenters. The molecule has 0 saturated carbocycles. The predicted molar refractivity (Wildman–Crippen MR) is 115 cm³/mol. The monoisotopic (exact) mass is 431 g/mol. The molecule has 4 rings (SSSR count). The lowest BCUT2D eigenvalue weighted by molar-refractivity contribution is 0.146. The van der Waals surface area contributed by atoms with Crippen molar-refractivity contribution < 1.29 is 17.9 Å². The molecule has 3 aromatic rings. The summed E-state index contributed by atoms with van der Waals surface area (Å²) in [6, 6.07) is 9.57. The van der Waals surface area contributed by atoms with Crippen LogP contribution in [0.3, 0.4) is 0 Å². The summed E-state index contributed by atoms with van der Waals surface area (Å²) in [4.78, 5) is 6.45. The molecule has 0 spiro atoms. The molecule has 0 N–H and O–H groups in total. The molecule has 0 unspecified atom stereocenters. The van der Waals surface area contributed by atoms with Crippen molar-refractivity contribution in [1.29, 1.82) is 0 Å². The van der Waals surface area contributed by atoms with Gasteiger partial charge in [0, 0.05) is 58.1 Å². The normalized spacial score (nSPS) is 15.0. The third kappa shape index (κ3) is 3.85. The van der Waals surface area contributed by atoms with Gasteiger partial charge in [-0.05, 0) is 12.1 Å². The van der Waals surface area contributed by atoms with Crippen LogP contribution in [0.2, 0.25) is 0 Å². The molecular formula is C20H25N5O4S. The molecule has 1 aliphatic rings. The minimum atomic E-state index is -3.25. The van der Waals surface area contributed by atoms with E-state index in [9.17, 15) is 8.42 Å². The average molecular weight is 432 g/mol. The molecule has 30 heavy (non-hydrogen) atoms. The zero-order valence-electron chi connectivity index (χ0n) is 17.2. The van der Waals surface area contributed by atoms with Crippen LogP contribution < -0.4 is 9.64 Å². The maximum Gasteiger partial charge on any atom is 0.219 e. The van der Waals surface area contributed by atoms with E-state index in [1.165, 1.54) is 4.31 Å². The minimum absolute atomic E-state index is 0.404. The number of hydrogen-bond acceptors (Lipinski definition) is 7. The number of sulfonamides is 1. The Labute approximate surface area is 175 Å². The van der Waals surface area contributed by atoms with Crippen LogP contribution in [0.15, 0.2) is 42.7 Å². The Kier molecular flexibility index (Phi) is 5.63. The second-order valence-corrected chi connectivity index (χ2v) is 9.77. The van der Waals surface area contributed by atoms with E-state index in [0.717, 1.165) is 28.2 Å². The third-order valence-corrected chi connectivity index (χ3v) is 7.29. The van der Waals surface area contributed by atoms with E-state index in [1.54, 1.807) is 32.1 Å². The number of pyridine rings is 1. The molecule has 1 fully saturated rings. The van der Waals surface area contributed by atoms with Crippen LogP contribution in [-0.4, -0.2) is 80.2 Å². The first-order chi connectivity index (χ1) is 14.4. The second kappa shape index (κ2) is 8.21. The summed E-state index contributed by atoms with van der Waals surface area (Å²) >= 11 is 0. The molecule has 0 amide bonds. The van der Waals surface area contributed by atoms with E-state index in [0.29, 0.717) is 26.3 Å². The summed E-state index contributed by atoms with van der Waals surface area (Å²) in [5.74, 6) is 1.44. The summed E-state index contributed by atoms with van der Waals surface area (Å²) in [5, 5.41) is 5.17. The predicted octanol–water partition coefficient (Wildman–Crippen LogP) is 1.53. The quantitative estimate of drug-likeness (QED) is 0.500. The number of benzene rings is 1. The Morgan fingerprint density at radius 2 is 1.97 bits per heavy atom. The standard InChI is InChI=1S/C20H25N5O4S/c1-23(2)30(26,27)16-13-24(14-16)20-10-17-15(11-21-20)12-25(22-17)18-6-4-5-7-19(18)29-9-8-28-3/h4-7,10-12,16H,8-9,13-14H2,1-3H3. The Balaban J connectivity index is 1.55. The van der Waals surface area contributed by atoms with E-state index < -0.39 is 15.3 Å².